The normalized spacial score (nSPS) is 16.2. The lowest BCUT2D eigenvalue weighted by Crippen LogP contribution is -2.47. The molecule has 2 amide bonds. The first-order valence-corrected chi connectivity index (χ1v) is 11.7. The molecule has 0 spiro atoms. The molecule has 1 unspecified atom stereocenters. The Morgan fingerprint density at radius 2 is 1.86 bits per heavy atom. The number of hydrogen-bond donors (Lipinski definition) is 3. The minimum Gasteiger partial charge on any atom is -0.467 e. The molecule has 15 heteroatoms. The summed E-state index contributed by atoms with van der Waals surface area (Å²) in [6, 6.07) is 4.65. The van der Waals surface area contributed by atoms with Crippen molar-refractivity contribution in [2.75, 3.05) is 19.8 Å². The highest BCUT2D eigenvalue weighted by Crippen LogP contribution is 2.34. The number of halogens is 3. The Morgan fingerprint density at radius 1 is 1.14 bits per heavy atom. The van der Waals surface area contributed by atoms with Gasteiger partial charge in [-0.25, -0.2) is 18.0 Å². The maximum atomic E-state index is 13.2. The molecule has 3 N–H and O–H groups in total. The monoisotopic (exact) mass is 531 g/mol. The first-order valence-electron chi connectivity index (χ1n) is 10.3. The average molecular weight is 531 g/mol. The molecule has 194 valence electrons. The third kappa shape index (κ3) is 6.23. The molecule has 0 bridgehead atoms. The number of furan rings is 1. The lowest BCUT2D eigenvalue weighted by molar-refractivity contribution is -0.142. The Hall–Kier alpha value is -3.85. The standard InChI is InChI=1S/C21H20F3N3O8S/c1-2-33-19(29)17-13(26-20(30)27-18(17)14-7-5-9-34-14)11-35-16(28)10-25-36(31,32)15-8-4-3-6-12(15)21(22,23)24/h3-9,18,25H,2,10-11H2,1H3,(H2,26,27,30). The fourth-order valence-electron chi connectivity index (χ4n) is 3.22. The minimum atomic E-state index is -4.94. The highest BCUT2D eigenvalue weighted by atomic mass is 32.2. The van der Waals surface area contributed by atoms with Crippen LogP contribution in [0.15, 0.2) is 63.2 Å². The van der Waals surface area contributed by atoms with Crippen LogP contribution in [0.3, 0.4) is 0 Å². The van der Waals surface area contributed by atoms with E-state index in [0.29, 0.717) is 6.07 Å². The summed E-state index contributed by atoms with van der Waals surface area (Å²) in [4.78, 5) is 35.8. The predicted octanol–water partition coefficient (Wildman–Crippen LogP) is 1.99. The number of benzene rings is 1. The quantitative estimate of drug-likeness (QED) is 0.416. The Labute approximate surface area is 202 Å². The van der Waals surface area contributed by atoms with Crippen molar-refractivity contribution in [3.63, 3.8) is 0 Å². The van der Waals surface area contributed by atoms with E-state index in [9.17, 15) is 36.0 Å². The number of carbonyl (C=O) groups is 3. The summed E-state index contributed by atoms with van der Waals surface area (Å²) in [5.74, 6) is -1.85. The van der Waals surface area contributed by atoms with Gasteiger partial charge in [-0.1, -0.05) is 12.1 Å². The van der Waals surface area contributed by atoms with Gasteiger partial charge in [-0.05, 0) is 31.2 Å². The molecule has 2 heterocycles. The van der Waals surface area contributed by atoms with Crippen molar-refractivity contribution in [1.82, 2.24) is 15.4 Å². The molecule has 1 aromatic carbocycles. The molecule has 36 heavy (non-hydrogen) atoms. The maximum absolute atomic E-state index is 13.2. The average Bonchev–Trinajstić information content (AvgIpc) is 3.35. The van der Waals surface area contributed by atoms with E-state index in [1.165, 1.54) is 18.4 Å². The van der Waals surface area contributed by atoms with Gasteiger partial charge in [-0.2, -0.15) is 17.9 Å². The summed E-state index contributed by atoms with van der Waals surface area (Å²) in [5.41, 5.74) is -1.69. The van der Waals surface area contributed by atoms with Crippen molar-refractivity contribution in [1.29, 1.82) is 0 Å². The molecule has 0 fully saturated rings. The molecule has 11 nitrogen and oxygen atoms in total. The zero-order valence-electron chi connectivity index (χ0n) is 18.5. The second-order valence-corrected chi connectivity index (χ2v) is 8.87. The molecule has 2 aromatic rings. The highest BCUT2D eigenvalue weighted by Gasteiger charge is 2.38. The third-order valence-corrected chi connectivity index (χ3v) is 6.20. The fourth-order valence-corrected chi connectivity index (χ4v) is 4.42. The summed E-state index contributed by atoms with van der Waals surface area (Å²) in [7, 11) is -4.74. The number of nitrogens with one attached hydrogen (secondary N) is 3. The molecule has 1 aliphatic heterocycles. The molecule has 1 aliphatic rings. The topological polar surface area (TPSA) is 153 Å². The summed E-state index contributed by atoms with van der Waals surface area (Å²) in [6.45, 7) is -0.157. The number of hydrogen-bond acceptors (Lipinski definition) is 8. The van der Waals surface area contributed by atoms with E-state index >= 15 is 0 Å². The van der Waals surface area contributed by atoms with Gasteiger partial charge in [0, 0.05) is 0 Å². The number of amides is 2. The third-order valence-electron chi connectivity index (χ3n) is 4.74. The summed E-state index contributed by atoms with van der Waals surface area (Å²) in [6.07, 6.45) is -3.63. The zero-order chi connectivity index (χ0) is 26.5. The lowest BCUT2D eigenvalue weighted by atomic mass is 10.0. The van der Waals surface area contributed by atoms with Gasteiger partial charge in [-0.3, -0.25) is 4.79 Å². The van der Waals surface area contributed by atoms with E-state index in [1.54, 1.807) is 11.6 Å². The first-order chi connectivity index (χ1) is 16.9. The molecule has 1 atom stereocenters. The molecule has 3 rings (SSSR count). The Balaban J connectivity index is 1.75. The summed E-state index contributed by atoms with van der Waals surface area (Å²) < 4.78 is 81.2. The van der Waals surface area contributed by atoms with E-state index < -0.39 is 63.8 Å². The van der Waals surface area contributed by atoms with Crippen molar-refractivity contribution in [2.24, 2.45) is 0 Å². The number of carbonyl (C=O) groups excluding carboxylic acids is 3. The number of ether oxygens (including phenoxy) is 2. The lowest BCUT2D eigenvalue weighted by Gasteiger charge is -2.27. The van der Waals surface area contributed by atoms with Gasteiger partial charge >= 0.3 is 24.1 Å². The van der Waals surface area contributed by atoms with Gasteiger partial charge in [0.05, 0.1) is 34.6 Å². The van der Waals surface area contributed by atoms with Crippen molar-refractivity contribution >= 4 is 28.0 Å². The van der Waals surface area contributed by atoms with Crippen LogP contribution in [-0.4, -0.2) is 46.1 Å². The van der Waals surface area contributed by atoms with Crippen molar-refractivity contribution < 1.29 is 49.9 Å². The van der Waals surface area contributed by atoms with Crippen LogP contribution in [0.25, 0.3) is 0 Å². The molecule has 1 aromatic heterocycles. The van der Waals surface area contributed by atoms with Gasteiger partial charge in [0.25, 0.3) is 0 Å². The van der Waals surface area contributed by atoms with Crippen LogP contribution in [0.5, 0.6) is 0 Å². The van der Waals surface area contributed by atoms with Crippen LogP contribution >= 0.6 is 0 Å². The molecule has 0 saturated heterocycles. The molecule has 0 saturated carbocycles. The maximum Gasteiger partial charge on any atom is 0.417 e. The van der Waals surface area contributed by atoms with Gasteiger partial charge < -0.3 is 24.5 Å². The Bertz CT molecular complexity index is 1270. The number of rotatable bonds is 9. The van der Waals surface area contributed by atoms with E-state index in [1.807, 2.05) is 0 Å². The van der Waals surface area contributed by atoms with E-state index in [4.69, 9.17) is 13.9 Å². The van der Waals surface area contributed by atoms with E-state index in [0.717, 1.165) is 18.2 Å². The summed E-state index contributed by atoms with van der Waals surface area (Å²) in [5, 5.41) is 4.80. The van der Waals surface area contributed by atoms with Crippen LogP contribution in [0.4, 0.5) is 18.0 Å². The predicted molar refractivity (Wildman–Crippen MR) is 114 cm³/mol. The first kappa shape index (κ1) is 26.7. The molecule has 0 aliphatic carbocycles. The smallest absolute Gasteiger partial charge is 0.417 e. The van der Waals surface area contributed by atoms with Crippen LogP contribution in [-0.2, 0) is 35.3 Å². The second kappa shape index (κ2) is 10.8. The number of esters is 2. The van der Waals surface area contributed by atoms with Gasteiger partial charge in [0.15, 0.2) is 0 Å². The molecule has 0 radical (unpaired) electrons. The Kier molecular flexibility index (Phi) is 8.04. The number of alkyl halides is 3. The highest BCUT2D eigenvalue weighted by molar-refractivity contribution is 7.89. The van der Waals surface area contributed by atoms with Crippen LogP contribution < -0.4 is 15.4 Å². The zero-order valence-corrected chi connectivity index (χ0v) is 19.4. The van der Waals surface area contributed by atoms with E-state index in [-0.39, 0.29) is 23.6 Å². The SMILES string of the molecule is CCOC(=O)C1=C(COC(=O)CNS(=O)(=O)c2ccccc2C(F)(F)F)NC(=O)NC1c1ccco1. The van der Waals surface area contributed by atoms with Gasteiger partial charge in [0.2, 0.25) is 10.0 Å². The second-order valence-electron chi connectivity index (χ2n) is 7.14. The Morgan fingerprint density at radius 3 is 2.50 bits per heavy atom. The van der Waals surface area contributed by atoms with Gasteiger partial charge in [-0.15, -0.1) is 0 Å². The number of sulfonamides is 1. The van der Waals surface area contributed by atoms with Crippen LogP contribution in [0.1, 0.15) is 24.3 Å². The van der Waals surface area contributed by atoms with Crippen LogP contribution in [0.2, 0.25) is 0 Å². The van der Waals surface area contributed by atoms with Crippen molar-refractivity contribution in [2.45, 2.75) is 24.0 Å². The largest absolute Gasteiger partial charge is 0.467 e. The minimum absolute atomic E-state index is 0.00456. The molecular formula is C21H20F3N3O8S. The van der Waals surface area contributed by atoms with Crippen LogP contribution in [0, 0.1) is 0 Å². The molecular weight excluding hydrogens is 511 g/mol. The fraction of sp³-hybridized carbons (Fsp3) is 0.286. The van der Waals surface area contributed by atoms with Crippen molar-refractivity contribution in [3.05, 3.63) is 65.3 Å². The van der Waals surface area contributed by atoms with Crippen molar-refractivity contribution in [3.8, 4) is 0 Å². The number of urea groups is 1. The summed E-state index contributed by atoms with van der Waals surface area (Å²) >= 11 is 0. The van der Waals surface area contributed by atoms with E-state index in [2.05, 4.69) is 10.6 Å². The van der Waals surface area contributed by atoms with Gasteiger partial charge in [0.1, 0.15) is 25.0 Å².